The Morgan fingerprint density at radius 2 is 1.88 bits per heavy atom. The molecule has 1 aromatic carbocycles. The summed E-state index contributed by atoms with van der Waals surface area (Å²) in [5.41, 5.74) is 3.48. The number of imidazole rings is 1. The highest BCUT2D eigenvalue weighted by atomic mass is 16.3. The smallest absolute Gasteiger partial charge is 0.332 e. The Bertz CT molecular complexity index is 1090. The van der Waals surface area contributed by atoms with Gasteiger partial charge in [-0.15, -0.1) is 0 Å². The molecule has 9 heteroatoms. The lowest BCUT2D eigenvalue weighted by molar-refractivity contribution is 0.475. The summed E-state index contributed by atoms with van der Waals surface area (Å²) in [6.45, 7) is 2.54. The zero-order chi connectivity index (χ0) is 18.8. The Balaban J connectivity index is 2.05. The number of anilines is 1. The average Bonchev–Trinajstić information content (AvgIpc) is 2.99. The van der Waals surface area contributed by atoms with E-state index in [-0.39, 0.29) is 11.3 Å². The fourth-order valence-electron chi connectivity index (χ4n) is 2.70. The van der Waals surface area contributed by atoms with Crippen molar-refractivity contribution < 1.29 is 5.11 Å². The zero-order valence-corrected chi connectivity index (χ0v) is 14.8. The largest absolute Gasteiger partial charge is 0.508 e. The lowest BCUT2D eigenvalue weighted by atomic mass is 10.2. The molecule has 9 nitrogen and oxygen atoms in total. The molecule has 2 aromatic heterocycles. The first kappa shape index (κ1) is 17.5. The predicted octanol–water partition coefficient (Wildman–Crippen LogP) is 0.995. The molecule has 0 aliphatic rings. The van der Waals surface area contributed by atoms with Crippen molar-refractivity contribution in [3.05, 3.63) is 50.7 Å². The predicted molar refractivity (Wildman–Crippen MR) is 99.8 cm³/mol. The van der Waals surface area contributed by atoms with E-state index in [1.807, 2.05) is 6.92 Å². The third-order valence-electron chi connectivity index (χ3n) is 4.07. The number of aryl methyl sites for hydroxylation is 2. The van der Waals surface area contributed by atoms with Crippen LogP contribution < -0.4 is 16.7 Å². The van der Waals surface area contributed by atoms with Crippen LogP contribution in [0.3, 0.4) is 0 Å². The fourth-order valence-corrected chi connectivity index (χ4v) is 2.70. The number of aromatic hydroxyl groups is 1. The Labute approximate surface area is 148 Å². The summed E-state index contributed by atoms with van der Waals surface area (Å²) in [7, 11) is 3.03. The third-order valence-corrected chi connectivity index (χ3v) is 4.07. The van der Waals surface area contributed by atoms with Gasteiger partial charge in [0.05, 0.1) is 6.21 Å². The van der Waals surface area contributed by atoms with E-state index in [2.05, 4.69) is 15.5 Å². The molecule has 0 radical (unpaired) electrons. The van der Waals surface area contributed by atoms with Crippen molar-refractivity contribution in [2.45, 2.75) is 19.9 Å². The van der Waals surface area contributed by atoms with Gasteiger partial charge in [0.1, 0.15) is 5.75 Å². The molecule has 0 fully saturated rings. The number of nitrogens with one attached hydrogen (secondary N) is 1. The second kappa shape index (κ2) is 6.87. The first-order chi connectivity index (χ1) is 12.4. The highest BCUT2D eigenvalue weighted by Gasteiger charge is 2.18. The van der Waals surface area contributed by atoms with Gasteiger partial charge >= 0.3 is 5.69 Å². The quantitative estimate of drug-likeness (QED) is 0.524. The Kier molecular flexibility index (Phi) is 4.61. The van der Waals surface area contributed by atoms with E-state index < -0.39 is 5.69 Å². The van der Waals surface area contributed by atoms with Crippen molar-refractivity contribution >= 4 is 23.3 Å². The van der Waals surface area contributed by atoms with Gasteiger partial charge in [0, 0.05) is 20.6 Å². The minimum absolute atomic E-state index is 0.177. The van der Waals surface area contributed by atoms with E-state index in [0.717, 1.165) is 16.6 Å². The molecule has 0 bridgehead atoms. The number of nitrogens with zero attached hydrogens (tertiary/aromatic N) is 5. The first-order valence-electron chi connectivity index (χ1n) is 8.18. The topological polar surface area (TPSA) is 106 Å². The van der Waals surface area contributed by atoms with Crippen molar-refractivity contribution in [3.8, 4) is 5.75 Å². The van der Waals surface area contributed by atoms with E-state index >= 15 is 0 Å². The summed E-state index contributed by atoms with van der Waals surface area (Å²) >= 11 is 0. The van der Waals surface area contributed by atoms with E-state index in [0.29, 0.717) is 23.7 Å². The molecule has 0 unspecified atom stereocenters. The van der Waals surface area contributed by atoms with Crippen LogP contribution in [0.25, 0.3) is 11.2 Å². The molecular formula is C17H20N6O3. The van der Waals surface area contributed by atoms with Gasteiger partial charge in [0.2, 0.25) is 5.95 Å². The van der Waals surface area contributed by atoms with Gasteiger partial charge in [-0.1, -0.05) is 6.92 Å². The number of phenolic OH excluding ortho intramolecular Hbond substituents is 1. The molecule has 0 atom stereocenters. The van der Waals surface area contributed by atoms with Gasteiger partial charge in [-0.05, 0) is 36.2 Å². The molecule has 26 heavy (non-hydrogen) atoms. The number of hydrazone groups is 1. The molecule has 0 spiro atoms. The van der Waals surface area contributed by atoms with Crippen LogP contribution in [0.15, 0.2) is 39.0 Å². The van der Waals surface area contributed by atoms with Gasteiger partial charge < -0.3 is 9.67 Å². The molecule has 3 aromatic rings. The average molecular weight is 356 g/mol. The van der Waals surface area contributed by atoms with Crippen LogP contribution in [0, 0.1) is 0 Å². The summed E-state index contributed by atoms with van der Waals surface area (Å²) in [5.74, 6) is 0.562. The summed E-state index contributed by atoms with van der Waals surface area (Å²) < 4.78 is 4.14. The number of aromatic nitrogens is 4. The van der Waals surface area contributed by atoms with Gasteiger partial charge in [0.15, 0.2) is 11.2 Å². The van der Waals surface area contributed by atoms with Crippen LogP contribution in [-0.4, -0.2) is 30.0 Å². The number of fused-ring (bicyclic) bond motifs is 1. The van der Waals surface area contributed by atoms with Crippen molar-refractivity contribution in [1.29, 1.82) is 0 Å². The van der Waals surface area contributed by atoms with E-state index in [9.17, 15) is 14.7 Å². The molecule has 0 amide bonds. The van der Waals surface area contributed by atoms with Gasteiger partial charge in [-0.3, -0.25) is 13.9 Å². The Morgan fingerprint density at radius 1 is 1.19 bits per heavy atom. The van der Waals surface area contributed by atoms with Crippen LogP contribution in [0.4, 0.5) is 5.95 Å². The van der Waals surface area contributed by atoms with Crippen molar-refractivity contribution in [3.63, 3.8) is 0 Å². The number of hydrogen-bond acceptors (Lipinski definition) is 6. The SMILES string of the molecule is CCCn1c(NN=Cc2ccc(O)cc2)nc2c1c(=O)n(C)c(=O)n2C. The maximum Gasteiger partial charge on any atom is 0.332 e. The van der Waals surface area contributed by atoms with Crippen LogP contribution in [0.5, 0.6) is 5.75 Å². The van der Waals surface area contributed by atoms with Crippen molar-refractivity contribution in [2.24, 2.45) is 19.2 Å². The van der Waals surface area contributed by atoms with Crippen LogP contribution in [-0.2, 0) is 20.6 Å². The van der Waals surface area contributed by atoms with E-state index in [4.69, 9.17) is 0 Å². The minimum Gasteiger partial charge on any atom is -0.508 e. The van der Waals surface area contributed by atoms with Crippen LogP contribution >= 0.6 is 0 Å². The fraction of sp³-hybridized carbons (Fsp3) is 0.294. The molecule has 2 N–H and O–H groups in total. The molecule has 0 aliphatic carbocycles. The summed E-state index contributed by atoms with van der Waals surface area (Å²) in [6, 6.07) is 6.56. The number of rotatable bonds is 5. The second-order valence-electron chi connectivity index (χ2n) is 5.93. The Morgan fingerprint density at radius 3 is 2.54 bits per heavy atom. The first-order valence-corrected chi connectivity index (χ1v) is 8.18. The van der Waals surface area contributed by atoms with E-state index in [1.165, 1.54) is 11.6 Å². The number of benzene rings is 1. The summed E-state index contributed by atoms with van der Waals surface area (Å²) in [4.78, 5) is 29.0. The molecule has 0 saturated heterocycles. The number of hydrogen-bond donors (Lipinski definition) is 2. The van der Waals surface area contributed by atoms with Gasteiger partial charge in [-0.25, -0.2) is 10.2 Å². The summed E-state index contributed by atoms with van der Waals surface area (Å²) in [5, 5.41) is 13.4. The maximum atomic E-state index is 12.5. The molecular weight excluding hydrogens is 336 g/mol. The maximum absolute atomic E-state index is 12.5. The number of phenols is 1. The normalized spacial score (nSPS) is 11.5. The Hall–Kier alpha value is -3.36. The molecule has 3 rings (SSSR count). The zero-order valence-electron chi connectivity index (χ0n) is 14.8. The van der Waals surface area contributed by atoms with E-state index in [1.54, 1.807) is 42.1 Å². The minimum atomic E-state index is -0.428. The highest BCUT2D eigenvalue weighted by molar-refractivity contribution is 5.80. The molecule has 136 valence electrons. The van der Waals surface area contributed by atoms with Crippen LogP contribution in [0.2, 0.25) is 0 Å². The van der Waals surface area contributed by atoms with Gasteiger partial charge in [-0.2, -0.15) is 10.1 Å². The molecule has 0 aliphatic heterocycles. The van der Waals surface area contributed by atoms with Crippen molar-refractivity contribution in [2.75, 3.05) is 5.43 Å². The summed E-state index contributed by atoms with van der Waals surface area (Å²) in [6.07, 6.45) is 2.36. The molecule has 2 heterocycles. The monoisotopic (exact) mass is 356 g/mol. The lowest BCUT2D eigenvalue weighted by Crippen LogP contribution is -2.37. The highest BCUT2D eigenvalue weighted by Crippen LogP contribution is 2.16. The van der Waals surface area contributed by atoms with Gasteiger partial charge in [0.25, 0.3) is 5.56 Å². The third kappa shape index (κ3) is 2.99. The second-order valence-corrected chi connectivity index (χ2v) is 5.93. The van der Waals surface area contributed by atoms with Crippen molar-refractivity contribution in [1.82, 2.24) is 18.7 Å². The lowest BCUT2D eigenvalue weighted by Gasteiger charge is -2.07. The molecule has 0 saturated carbocycles. The standard InChI is InChI=1S/C17H20N6O3/c1-4-9-23-13-14(21(2)17(26)22(3)15(13)25)19-16(23)20-18-10-11-5-7-12(24)8-6-11/h5-8,10,24H,4,9H2,1-3H3,(H,19,20). The van der Waals surface area contributed by atoms with Crippen LogP contribution in [0.1, 0.15) is 18.9 Å².